The molecule has 160 valence electrons. The Labute approximate surface area is 181 Å². The number of esters is 1. The second-order valence-electron chi connectivity index (χ2n) is 7.30. The number of nitrogens with zero attached hydrogens (tertiary/aromatic N) is 3. The molecule has 0 spiro atoms. The third-order valence-electron chi connectivity index (χ3n) is 5.33. The standard InChI is InChI=1S/C24H25N3O4/c1-16-21(17(2)26(3)22(16)24(30)31-4)20(28)15-27(14-18-9-8-12-25-13-18)23(29)19-10-6-5-7-11-19/h5-13H,14-15H2,1-4H3. The van der Waals surface area contributed by atoms with Gasteiger partial charge in [-0.3, -0.25) is 14.6 Å². The van der Waals surface area contributed by atoms with Crippen molar-refractivity contribution in [1.29, 1.82) is 0 Å². The van der Waals surface area contributed by atoms with E-state index in [1.807, 2.05) is 12.1 Å². The van der Waals surface area contributed by atoms with Gasteiger partial charge in [0.15, 0.2) is 5.78 Å². The lowest BCUT2D eigenvalue weighted by molar-refractivity contribution is 0.0588. The molecule has 0 aliphatic rings. The molecule has 3 aromatic rings. The molecule has 0 aliphatic heterocycles. The summed E-state index contributed by atoms with van der Waals surface area (Å²) in [5, 5.41) is 0. The maximum atomic E-state index is 13.3. The molecule has 3 rings (SSSR count). The van der Waals surface area contributed by atoms with Gasteiger partial charge in [0.1, 0.15) is 5.69 Å². The molecule has 1 amide bonds. The van der Waals surface area contributed by atoms with Gasteiger partial charge < -0.3 is 14.2 Å². The van der Waals surface area contributed by atoms with Gasteiger partial charge in [-0.25, -0.2) is 4.79 Å². The van der Waals surface area contributed by atoms with Crippen LogP contribution in [0.15, 0.2) is 54.9 Å². The van der Waals surface area contributed by atoms with Crippen LogP contribution in [0.1, 0.15) is 48.0 Å². The summed E-state index contributed by atoms with van der Waals surface area (Å²) < 4.78 is 6.51. The van der Waals surface area contributed by atoms with Crippen molar-refractivity contribution in [3.8, 4) is 0 Å². The van der Waals surface area contributed by atoms with Crippen molar-refractivity contribution >= 4 is 17.7 Å². The zero-order chi connectivity index (χ0) is 22.5. The normalized spacial score (nSPS) is 10.6. The van der Waals surface area contributed by atoms with E-state index in [0.29, 0.717) is 28.1 Å². The van der Waals surface area contributed by atoms with Gasteiger partial charge in [-0.05, 0) is 43.2 Å². The van der Waals surface area contributed by atoms with Crippen molar-refractivity contribution in [1.82, 2.24) is 14.5 Å². The van der Waals surface area contributed by atoms with E-state index in [0.717, 1.165) is 5.56 Å². The highest BCUT2D eigenvalue weighted by molar-refractivity contribution is 6.06. The first kappa shape index (κ1) is 22.0. The lowest BCUT2D eigenvalue weighted by Crippen LogP contribution is -2.35. The van der Waals surface area contributed by atoms with E-state index in [2.05, 4.69) is 4.98 Å². The number of rotatable bonds is 7. The molecule has 0 atom stereocenters. The zero-order valence-electron chi connectivity index (χ0n) is 18.1. The van der Waals surface area contributed by atoms with Gasteiger partial charge in [0.2, 0.25) is 0 Å². The number of carbonyl (C=O) groups is 3. The Morgan fingerprint density at radius 3 is 2.39 bits per heavy atom. The van der Waals surface area contributed by atoms with Crippen molar-refractivity contribution in [2.45, 2.75) is 20.4 Å². The first-order valence-electron chi connectivity index (χ1n) is 9.85. The molecule has 2 heterocycles. The summed E-state index contributed by atoms with van der Waals surface area (Å²) in [5.41, 5.74) is 3.27. The monoisotopic (exact) mass is 419 g/mol. The third-order valence-corrected chi connectivity index (χ3v) is 5.33. The Balaban J connectivity index is 1.95. The predicted octanol–water partition coefficient (Wildman–Crippen LogP) is 3.35. The summed E-state index contributed by atoms with van der Waals surface area (Å²) in [5.74, 6) is -0.999. The van der Waals surface area contributed by atoms with E-state index < -0.39 is 5.97 Å². The average molecular weight is 419 g/mol. The minimum atomic E-state index is -0.505. The molecule has 7 heteroatoms. The van der Waals surface area contributed by atoms with Crippen LogP contribution in [0.2, 0.25) is 0 Å². The largest absolute Gasteiger partial charge is 0.464 e. The summed E-state index contributed by atoms with van der Waals surface area (Å²) in [6, 6.07) is 12.5. The van der Waals surface area contributed by atoms with Gasteiger partial charge in [-0.15, -0.1) is 0 Å². The summed E-state index contributed by atoms with van der Waals surface area (Å²) in [6.07, 6.45) is 3.33. The van der Waals surface area contributed by atoms with Gasteiger partial charge in [-0.2, -0.15) is 0 Å². The summed E-state index contributed by atoms with van der Waals surface area (Å²) in [6.45, 7) is 3.60. The minimum Gasteiger partial charge on any atom is -0.464 e. The fourth-order valence-corrected chi connectivity index (χ4v) is 3.70. The highest BCUT2D eigenvalue weighted by Gasteiger charge is 2.28. The van der Waals surface area contributed by atoms with Crippen molar-refractivity contribution in [3.05, 3.63) is 88.5 Å². The maximum Gasteiger partial charge on any atom is 0.354 e. The lowest BCUT2D eigenvalue weighted by Gasteiger charge is -2.22. The van der Waals surface area contributed by atoms with E-state index in [9.17, 15) is 14.4 Å². The predicted molar refractivity (Wildman–Crippen MR) is 116 cm³/mol. The summed E-state index contributed by atoms with van der Waals surface area (Å²) in [4.78, 5) is 44.3. The Bertz CT molecular complexity index is 1100. The van der Waals surface area contributed by atoms with E-state index in [4.69, 9.17) is 4.74 Å². The lowest BCUT2D eigenvalue weighted by atomic mass is 10.0. The Hall–Kier alpha value is -3.74. The Morgan fingerprint density at radius 1 is 1.06 bits per heavy atom. The third kappa shape index (κ3) is 4.55. The van der Waals surface area contributed by atoms with Gasteiger partial charge in [0.05, 0.1) is 13.7 Å². The summed E-state index contributed by atoms with van der Waals surface area (Å²) >= 11 is 0. The van der Waals surface area contributed by atoms with Crippen LogP contribution in [0.4, 0.5) is 0 Å². The second-order valence-corrected chi connectivity index (χ2v) is 7.30. The van der Waals surface area contributed by atoms with E-state index >= 15 is 0 Å². The van der Waals surface area contributed by atoms with E-state index in [1.54, 1.807) is 68.2 Å². The van der Waals surface area contributed by atoms with Crippen LogP contribution < -0.4 is 0 Å². The molecule has 2 aromatic heterocycles. The molecule has 0 unspecified atom stereocenters. The smallest absolute Gasteiger partial charge is 0.354 e. The number of amides is 1. The van der Waals surface area contributed by atoms with Crippen molar-refractivity contribution in [3.63, 3.8) is 0 Å². The number of hydrogen-bond donors (Lipinski definition) is 0. The van der Waals surface area contributed by atoms with Crippen LogP contribution in [-0.4, -0.2) is 45.8 Å². The molecular formula is C24H25N3O4. The highest BCUT2D eigenvalue weighted by atomic mass is 16.5. The van der Waals surface area contributed by atoms with Crippen LogP contribution in [0.3, 0.4) is 0 Å². The number of aromatic nitrogens is 2. The molecule has 1 aromatic carbocycles. The first-order chi connectivity index (χ1) is 14.8. The molecular weight excluding hydrogens is 394 g/mol. The maximum absolute atomic E-state index is 13.3. The molecule has 0 fully saturated rings. The van der Waals surface area contributed by atoms with Gasteiger partial charge in [0, 0.05) is 42.8 Å². The number of hydrogen-bond acceptors (Lipinski definition) is 5. The molecule has 0 radical (unpaired) electrons. The van der Waals surface area contributed by atoms with Crippen molar-refractivity contribution < 1.29 is 19.1 Å². The molecule has 31 heavy (non-hydrogen) atoms. The highest BCUT2D eigenvalue weighted by Crippen LogP contribution is 2.23. The molecule has 0 N–H and O–H groups in total. The van der Waals surface area contributed by atoms with Crippen molar-refractivity contribution in [2.24, 2.45) is 7.05 Å². The van der Waals surface area contributed by atoms with Crippen LogP contribution in [0.25, 0.3) is 0 Å². The van der Waals surface area contributed by atoms with Gasteiger partial charge >= 0.3 is 5.97 Å². The topological polar surface area (TPSA) is 81.5 Å². The Morgan fingerprint density at radius 2 is 1.77 bits per heavy atom. The molecule has 0 bridgehead atoms. The number of pyridine rings is 1. The second kappa shape index (κ2) is 9.38. The fraction of sp³-hybridized carbons (Fsp3) is 0.250. The molecule has 0 saturated heterocycles. The van der Waals surface area contributed by atoms with Crippen LogP contribution in [0.5, 0.6) is 0 Å². The molecule has 7 nitrogen and oxygen atoms in total. The van der Waals surface area contributed by atoms with Gasteiger partial charge in [-0.1, -0.05) is 24.3 Å². The number of ketones is 1. The quantitative estimate of drug-likeness (QED) is 0.433. The minimum absolute atomic E-state index is 0.130. The zero-order valence-corrected chi connectivity index (χ0v) is 18.1. The number of methoxy groups -OCH3 is 1. The van der Waals surface area contributed by atoms with Crippen LogP contribution in [-0.2, 0) is 18.3 Å². The number of carbonyl (C=O) groups excluding carboxylic acids is 3. The molecule has 0 aliphatic carbocycles. The first-order valence-corrected chi connectivity index (χ1v) is 9.85. The number of Topliss-reactive ketones (excluding diaryl/α,β-unsaturated/α-hetero) is 1. The average Bonchev–Trinajstić information content (AvgIpc) is 3.01. The number of ether oxygens (including phenoxy) is 1. The van der Waals surface area contributed by atoms with Crippen LogP contribution in [0, 0.1) is 13.8 Å². The van der Waals surface area contributed by atoms with E-state index in [-0.39, 0.29) is 24.8 Å². The van der Waals surface area contributed by atoms with Gasteiger partial charge in [0.25, 0.3) is 5.91 Å². The fourth-order valence-electron chi connectivity index (χ4n) is 3.70. The van der Waals surface area contributed by atoms with Crippen molar-refractivity contribution in [2.75, 3.05) is 13.7 Å². The van der Waals surface area contributed by atoms with E-state index in [1.165, 1.54) is 12.0 Å². The number of benzene rings is 1. The molecule has 0 saturated carbocycles. The van der Waals surface area contributed by atoms with Crippen LogP contribution >= 0.6 is 0 Å². The summed E-state index contributed by atoms with van der Waals surface area (Å²) in [7, 11) is 3.02. The SMILES string of the molecule is COC(=O)c1c(C)c(C(=O)CN(Cc2cccnc2)C(=O)c2ccccc2)c(C)n1C. The Kier molecular flexibility index (Phi) is 6.65.